The van der Waals surface area contributed by atoms with Crippen LogP contribution in [0.1, 0.15) is 27.6 Å². The van der Waals surface area contributed by atoms with Gasteiger partial charge in [-0.3, -0.25) is 4.79 Å². The van der Waals surface area contributed by atoms with Crippen LogP contribution in [0.25, 0.3) is 0 Å². The number of nitrogens with zero attached hydrogens (tertiary/aromatic N) is 2. The van der Waals surface area contributed by atoms with Crippen molar-refractivity contribution in [3.05, 3.63) is 71.4 Å². The van der Waals surface area contributed by atoms with Crippen LogP contribution in [0, 0.1) is 6.92 Å². The molecule has 2 aromatic carbocycles. The summed E-state index contributed by atoms with van der Waals surface area (Å²) in [6.07, 6.45) is 0. The largest absolute Gasteiger partial charge is 0.434 e. The SMILES string of the molecule is Cc1noc(CSc2ccccc2C(=O)NCc2ccccc2OC(F)F)n1. The van der Waals surface area contributed by atoms with E-state index in [1.165, 1.54) is 17.8 Å². The second-order valence-corrected chi connectivity index (χ2v) is 6.71. The summed E-state index contributed by atoms with van der Waals surface area (Å²) in [7, 11) is 0. The Morgan fingerprint density at radius 3 is 2.71 bits per heavy atom. The molecule has 0 saturated carbocycles. The normalized spacial score (nSPS) is 10.9. The number of aromatic nitrogens is 2. The van der Waals surface area contributed by atoms with Crippen LogP contribution in [-0.2, 0) is 12.3 Å². The Bertz CT molecular complexity index is 949. The summed E-state index contributed by atoms with van der Waals surface area (Å²) in [4.78, 5) is 17.5. The molecule has 0 radical (unpaired) electrons. The Kier molecular flexibility index (Phi) is 6.59. The monoisotopic (exact) mass is 405 g/mol. The average Bonchev–Trinajstić information content (AvgIpc) is 3.10. The van der Waals surface area contributed by atoms with Gasteiger partial charge in [0.1, 0.15) is 5.75 Å². The van der Waals surface area contributed by atoms with Crippen LogP contribution in [0.5, 0.6) is 5.75 Å². The third kappa shape index (κ3) is 5.29. The summed E-state index contributed by atoms with van der Waals surface area (Å²) in [5, 5.41) is 6.48. The van der Waals surface area contributed by atoms with Gasteiger partial charge < -0.3 is 14.6 Å². The molecule has 0 unspecified atom stereocenters. The van der Waals surface area contributed by atoms with Gasteiger partial charge in [0.15, 0.2) is 5.82 Å². The van der Waals surface area contributed by atoms with Gasteiger partial charge in [-0.15, -0.1) is 11.8 Å². The topological polar surface area (TPSA) is 77.2 Å². The van der Waals surface area contributed by atoms with E-state index < -0.39 is 6.61 Å². The number of benzene rings is 2. The van der Waals surface area contributed by atoms with Crippen LogP contribution in [0.4, 0.5) is 8.78 Å². The lowest BCUT2D eigenvalue weighted by Crippen LogP contribution is -2.24. The lowest BCUT2D eigenvalue weighted by Gasteiger charge is -2.12. The fourth-order valence-electron chi connectivity index (χ4n) is 2.45. The number of alkyl halides is 2. The quantitative estimate of drug-likeness (QED) is 0.566. The number of ether oxygens (including phenoxy) is 1. The Morgan fingerprint density at radius 1 is 1.21 bits per heavy atom. The van der Waals surface area contributed by atoms with Gasteiger partial charge in [0.2, 0.25) is 5.89 Å². The highest BCUT2D eigenvalue weighted by Crippen LogP contribution is 2.26. The summed E-state index contributed by atoms with van der Waals surface area (Å²) < 4.78 is 34.6. The zero-order valence-electron chi connectivity index (χ0n) is 14.9. The molecule has 146 valence electrons. The van der Waals surface area contributed by atoms with Crippen LogP contribution in [-0.4, -0.2) is 22.7 Å². The fraction of sp³-hybridized carbons (Fsp3) is 0.211. The Hall–Kier alpha value is -2.94. The maximum atomic E-state index is 12.6. The highest BCUT2D eigenvalue weighted by atomic mass is 32.2. The molecule has 0 aliphatic rings. The van der Waals surface area contributed by atoms with Gasteiger partial charge in [0, 0.05) is 17.0 Å². The van der Waals surface area contributed by atoms with Crippen LogP contribution in [0.15, 0.2) is 57.9 Å². The predicted octanol–water partition coefficient (Wildman–Crippen LogP) is 4.20. The number of para-hydroxylation sites is 1. The molecule has 0 aliphatic carbocycles. The standard InChI is InChI=1S/C19H17F2N3O3S/c1-12-23-17(27-24-12)11-28-16-9-5-3-7-14(16)18(25)22-10-13-6-2-4-8-15(13)26-19(20)21/h2-9,19H,10-11H2,1H3,(H,22,25). The van der Waals surface area contributed by atoms with E-state index in [2.05, 4.69) is 20.2 Å². The van der Waals surface area contributed by atoms with E-state index in [0.29, 0.717) is 28.6 Å². The van der Waals surface area contributed by atoms with Crippen molar-refractivity contribution < 1.29 is 22.8 Å². The lowest BCUT2D eigenvalue weighted by molar-refractivity contribution is -0.0504. The maximum absolute atomic E-state index is 12.6. The second kappa shape index (κ2) is 9.32. The second-order valence-electron chi connectivity index (χ2n) is 5.69. The van der Waals surface area contributed by atoms with Crippen molar-refractivity contribution in [3.63, 3.8) is 0 Å². The molecule has 1 amide bonds. The van der Waals surface area contributed by atoms with Gasteiger partial charge in [0.25, 0.3) is 5.91 Å². The van der Waals surface area contributed by atoms with Gasteiger partial charge in [-0.2, -0.15) is 13.8 Å². The van der Waals surface area contributed by atoms with Gasteiger partial charge in [-0.1, -0.05) is 35.5 Å². The number of hydrogen-bond acceptors (Lipinski definition) is 6. The first kappa shape index (κ1) is 19.8. The fourth-order valence-corrected chi connectivity index (χ4v) is 3.34. The van der Waals surface area contributed by atoms with Gasteiger partial charge in [-0.05, 0) is 25.1 Å². The summed E-state index contributed by atoms with van der Waals surface area (Å²) in [6, 6.07) is 13.4. The number of thioether (sulfide) groups is 1. The number of nitrogens with one attached hydrogen (secondary N) is 1. The van der Waals surface area contributed by atoms with E-state index in [0.717, 1.165) is 4.90 Å². The van der Waals surface area contributed by atoms with Crippen LogP contribution >= 0.6 is 11.8 Å². The van der Waals surface area contributed by atoms with Crippen molar-refractivity contribution in [2.75, 3.05) is 0 Å². The minimum atomic E-state index is -2.93. The van der Waals surface area contributed by atoms with Crippen molar-refractivity contribution in [2.45, 2.75) is 30.7 Å². The molecule has 9 heteroatoms. The Morgan fingerprint density at radius 2 is 1.96 bits per heavy atom. The summed E-state index contributed by atoms with van der Waals surface area (Å²) in [5.41, 5.74) is 0.929. The summed E-state index contributed by atoms with van der Waals surface area (Å²) in [6.45, 7) is -1.14. The summed E-state index contributed by atoms with van der Waals surface area (Å²) in [5.74, 6) is 1.15. The molecule has 6 nitrogen and oxygen atoms in total. The van der Waals surface area contributed by atoms with Crippen molar-refractivity contribution in [2.24, 2.45) is 0 Å². The number of hydrogen-bond donors (Lipinski definition) is 1. The van der Waals surface area contributed by atoms with E-state index in [9.17, 15) is 13.6 Å². The minimum absolute atomic E-state index is 0.0345. The van der Waals surface area contributed by atoms with Crippen LogP contribution < -0.4 is 10.1 Å². The first-order chi connectivity index (χ1) is 13.5. The van der Waals surface area contributed by atoms with E-state index in [4.69, 9.17) is 4.52 Å². The van der Waals surface area contributed by atoms with Crippen LogP contribution in [0.2, 0.25) is 0 Å². The van der Waals surface area contributed by atoms with E-state index in [1.807, 2.05) is 12.1 Å². The molecule has 0 atom stereocenters. The average molecular weight is 405 g/mol. The van der Waals surface area contributed by atoms with Crippen molar-refractivity contribution in [1.82, 2.24) is 15.5 Å². The number of aryl methyl sites for hydroxylation is 1. The van der Waals surface area contributed by atoms with E-state index in [-0.39, 0.29) is 18.2 Å². The lowest BCUT2D eigenvalue weighted by atomic mass is 10.1. The Labute approximate surface area is 164 Å². The van der Waals surface area contributed by atoms with Crippen molar-refractivity contribution in [3.8, 4) is 5.75 Å². The zero-order chi connectivity index (χ0) is 19.9. The first-order valence-corrected chi connectivity index (χ1v) is 9.33. The molecule has 0 spiro atoms. The molecule has 1 heterocycles. The molecule has 0 bridgehead atoms. The molecule has 3 rings (SSSR count). The highest BCUT2D eigenvalue weighted by Gasteiger charge is 2.14. The number of rotatable bonds is 8. The maximum Gasteiger partial charge on any atom is 0.387 e. The molecular formula is C19H17F2N3O3S. The number of carbonyl (C=O) groups is 1. The van der Waals surface area contributed by atoms with Crippen molar-refractivity contribution >= 4 is 17.7 Å². The van der Waals surface area contributed by atoms with E-state index >= 15 is 0 Å². The highest BCUT2D eigenvalue weighted by molar-refractivity contribution is 7.98. The van der Waals surface area contributed by atoms with Gasteiger partial charge in [0.05, 0.1) is 11.3 Å². The Balaban J connectivity index is 1.66. The smallest absolute Gasteiger partial charge is 0.387 e. The first-order valence-electron chi connectivity index (χ1n) is 8.35. The third-order valence-corrected chi connectivity index (χ3v) is 4.74. The van der Waals surface area contributed by atoms with Crippen LogP contribution in [0.3, 0.4) is 0 Å². The van der Waals surface area contributed by atoms with Gasteiger partial charge in [-0.25, -0.2) is 0 Å². The number of halogens is 2. The molecule has 1 N–H and O–H groups in total. The van der Waals surface area contributed by atoms with Gasteiger partial charge >= 0.3 is 6.61 Å². The van der Waals surface area contributed by atoms with E-state index in [1.54, 1.807) is 37.3 Å². The molecule has 0 saturated heterocycles. The number of amides is 1. The third-order valence-electron chi connectivity index (χ3n) is 3.68. The molecule has 28 heavy (non-hydrogen) atoms. The number of carbonyl (C=O) groups excluding carboxylic acids is 1. The van der Waals surface area contributed by atoms with Crippen molar-refractivity contribution in [1.29, 1.82) is 0 Å². The molecule has 1 aromatic heterocycles. The molecular weight excluding hydrogens is 388 g/mol. The molecule has 0 aliphatic heterocycles. The minimum Gasteiger partial charge on any atom is -0.434 e. The molecule has 3 aromatic rings. The summed E-state index contributed by atoms with van der Waals surface area (Å²) >= 11 is 1.39. The zero-order valence-corrected chi connectivity index (χ0v) is 15.7. The predicted molar refractivity (Wildman–Crippen MR) is 99.3 cm³/mol. The molecule has 0 fully saturated rings.